The Bertz CT molecular complexity index is 406. The van der Waals surface area contributed by atoms with Crippen LogP contribution in [0.25, 0.3) is 0 Å². The second-order valence-electron chi connectivity index (χ2n) is 4.60. The molecule has 0 radical (unpaired) electrons. The molecule has 1 N–H and O–H groups in total. The Morgan fingerprint density at radius 1 is 1.67 bits per heavy atom. The summed E-state index contributed by atoms with van der Waals surface area (Å²) in [6, 6.07) is 0.743. The van der Waals surface area contributed by atoms with Crippen molar-refractivity contribution in [3.05, 3.63) is 16.1 Å². The molecule has 1 aromatic rings. The van der Waals surface area contributed by atoms with Crippen LogP contribution in [0.3, 0.4) is 0 Å². The molecule has 0 aromatic carbocycles. The molecule has 1 fully saturated rings. The van der Waals surface area contributed by atoms with Gasteiger partial charge in [0.05, 0.1) is 18.0 Å². The molecule has 0 atom stereocenters. The maximum absolute atomic E-state index is 11.7. The third kappa shape index (κ3) is 4.23. The van der Waals surface area contributed by atoms with Crippen molar-refractivity contribution in [2.75, 3.05) is 20.1 Å². The standard InChI is InChI=1S/C12H18ClN3OS/c1-16(10-2-3-10)5-4-14-11(17)6-12-15-9(7-13)8-18-12/h8,10H,2-7H2,1H3,(H,14,17). The highest BCUT2D eigenvalue weighted by molar-refractivity contribution is 7.09. The number of likely N-dealkylation sites (N-methyl/N-ethyl adjacent to an activating group) is 1. The van der Waals surface area contributed by atoms with Gasteiger partial charge in [0.15, 0.2) is 0 Å². The van der Waals surface area contributed by atoms with Gasteiger partial charge in [0.2, 0.25) is 5.91 Å². The first kappa shape index (κ1) is 13.8. The Labute approximate surface area is 116 Å². The molecule has 1 aliphatic rings. The number of rotatable bonds is 7. The van der Waals surface area contributed by atoms with E-state index in [9.17, 15) is 4.79 Å². The fourth-order valence-corrected chi connectivity index (χ4v) is 2.78. The molecule has 6 heteroatoms. The highest BCUT2D eigenvalue weighted by Crippen LogP contribution is 2.24. The molecule has 1 aliphatic carbocycles. The van der Waals surface area contributed by atoms with E-state index in [2.05, 4.69) is 22.2 Å². The van der Waals surface area contributed by atoms with Crippen LogP contribution in [0.15, 0.2) is 5.38 Å². The first-order chi connectivity index (χ1) is 8.69. The topological polar surface area (TPSA) is 45.2 Å². The van der Waals surface area contributed by atoms with Crippen molar-refractivity contribution in [3.8, 4) is 0 Å². The molecule has 18 heavy (non-hydrogen) atoms. The SMILES string of the molecule is CN(CCNC(=O)Cc1nc(CCl)cs1)C1CC1. The predicted molar refractivity (Wildman–Crippen MR) is 74.0 cm³/mol. The molecule has 1 saturated carbocycles. The third-order valence-electron chi connectivity index (χ3n) is 3.00. The monoisotopic (exact) mass is 287 g/mol. The van der Waals surface area contributed by atoms with Crippen LogP contribution in [-0.2, 0) is 17.1 Å². The number of nitrogens with zero attached hydrogens (tertiary/aromatic N) is 2. The van der Waals surface area contributed by atoms with Crippen molar-refractivity contribution < 1.29 is 4.79 Å². The van der Waals surface area contributed by atoms with Gasteiger partial charge in [-0.15, -0.1) is 22.9 Å². The van der Waals surface area contributed by atoms with Gasteiger partial charge in [-0.3, -0.25) is 4.79 Å². The molecule has 2 rings (SSSR count). The lowest BCUT2D eigenvalue weighted by Gasteiger charge is -2.15. The summed E-state index contributed by atoms with van der Waals surface area (Å²) in [4.78, 5) is 18.2. The van der Waals surface area contributed by atoms with E-state index in [0.717, 1.165) is 23.3 Å². The molecular weight excluding hydrogens is 270 g/mol. The van der Waals surface area contributed by atoms with Crippen LogP contribution in [0.2, 0.25) is 0 Å². The zero-order valence-electron chi connectivity index (χ0n) is 10.5. The molecule has 0 unspecified atom stereocenters. The van der Waals surface area contributed by atoms with Gasteiger partial charge < -0.3 is 10.2 Å². The summed E-state index contributed by atoms with van der Waals surface area (Å²) in [5.41, 5.74) is 0.845. The van der Waals surface area contributed by atoms with E-state index in [-0.39, 0.29) is 5.91 Å². The first-order valence-electron chi connectivity index (χ1n) is 6.15. The number of halogens is 1. The number of nitrogens with one attached hydrogen (secondary N) is 1. The van der Waals surface area contributed by atoms with Crippen LogP contribution < -0.4 is 5.32 Å². The van der Waals surface area contributed by atoms with Crippen molar-refractivity contribution in [1.29, 1.82) is 0 Å². The molecular formula is C12H18ClN3OS. The van der Waals surface area contributed by atoms with Gasteiger partial charge in [-0.05, 0) is 19.9 Å². The van der Waals surface area contributed by atoms with Crippen LogP contribution in [0, 0.1) is 0 Å². The lowest BCUT2D eigenvalue weighted by molar-refractivity contribution is -0.120. The lowest BCUT2D eigenvalue weighted by Crippen LogP contribution is -2.34. The normalized spacial score (nSPS) is 15.1. The van der Waals surface area contributed by atoms with E-state index in [0.29, 0.717) is 18.8 Å². The summed E-state index contributed by atoms with van der Waals surface area (Å²) >= 11 is 7.16. The maximum Gasteiger partial charge on any atom is 0.226 e. The molecule has 4 nitrogen and oxygen atoms in total. The summed E-state index contributed by atoms with van der Waals surface area (Å²) in [5, 5.41) is 5.66. The minimum absolute atomic E-state index is 0.0367. The van der Waals surface area contributed by atoms with Crippen molar-refractivity contribution in [3.63, 3.8) is 0 Å². The van der Waals surface area contributed by atoms with Gasteiger partial charge in [-0.2, -0.15) is 0 Å². The average Bonchev–Trinajstić information content (AvgIpc) is 3.10. The maximum atomic E-state index is 11.7. The van der Waals surface area contributed by atoms with Crippen molar-refractivity contribution in [2.24, 2.45) is 0 Å². The van der Waals surface area contributed by atoms with E-state index < -0.39 is 0 Å². The highest BCUT2D eigenvalue weighted by atomic mass is 35.5. The molecule has 0 spiro atoms. The Kier molecular flexibility index (Phi) is 4.97. The number of hydrogen-bond acceptors (Lipinski definition) is 4. The average molecular weight is 288 g/mol. The highest BCUT2D eigenvalue weighted by Gasteiger charge is 2.25. The van der Waals surface area contributed by atoms with E-state index >= 15 is 0 Å². The van der Waals surface area contributed by atoms with Crippen LogP contribution in [0.4, 0.5) is 0 Å². The van der Waals surface area contributed by atoms with E-state index in [1.807, 2.05) is 5.38 Å². The van der Waals surface area contributed by atoms with Crippen LogP contribution in [0.5, 0.6) is 0 Å². The number of thiazole rings is 1. The van der Waals surface area contributed by atoms with Crippen LogP contribution in [-0.4, -0.2) is 42.0 Å². The smallest absolute Gasteiger partial charge is 0.226 e. The Hall–Kier alpha value is -0.650. The van der Waals surface area contributed by atoms with Crippen molar-refractivity contribution in [1.82, 2.24) is 15.2 Å². The van der Waals surface area contributed by atoms with Crippen molar-refractivity contribution in [2.45, 2.75) is 31.2 Å². The molecule has 1 heterocycles. The number of aromatic nitrogens is 1. The summed E-state index contributed by atoms with van der Waals surface area (Å²) in [5.74, 6) is 0.444. The molecule has 1 amide bonds. The summed E-state index contributed by atoms with van der Waals surface area (Å²) < 4.78 is 0. The van der Waals surface area contributed by atoms with E-state index in [1.54, 1.807) is 0 Å². The van der Waals surface area contributed by atoms with E-state index in [1.165, 1.54) is 24.2 Å². The predicted octanol–water partition coefficient (Wildman–Crippen LogP) is 1.63. The van der Waals surface area contributed by atoms with Gasteiger partial charge in [0.1, 0.15) is 5.01 Å². The summed E-state index contributed by atoms with van der Waals surface area (Å²) in [6.07, 6.45) is 2.95. The lowest BCUT2D eigenvalue weighted by atomic mass is 10.4. The third-order valence-corrected chi connectivity index (χ3v) is 4.18. The van der Waals surface area contributed by atoms with Gasteiger partial charge in [0, 0.05) is 24.5 Å². The number of hydrogen-bond donors (Lipinski definition) is 1. The van der Waals surface area contributed by atoms with Crippen LogP contribution in [0.1, 0.15) is 23.5 Å². The zero-order chi connectivity index (χ0) is 13.0. The van der Waals surface area contributed by atoms with Gasteiger partial charge in [-0.1, -0.05) is 0 Å². The number of carbonyl (C=O) groups is 1. The Morgan fingerprint density at radius 2 is 2.44 bits per heavy atom. The molecule has 100 valence electrons. The minimum Gasteiger partial charge on any atom is -0.354 e. The Balaban J connectivity index is 1.65. The van der Waals surface area contributed by atoms with Gasteiger partial charge >= 0.3 is 0 Å². The fourth-order valence-electron chi connectivity index (χ4n) is 1.76. The zero-order valence-corrected chi connectivity index (χ0v) is 12.1. The molecule has 1 aromatic heterocycles. The Morgan fingerprint density at radius 3 is 3.06 bits per heavy atom. The van der Waals surface area contributed by atoms with Crippen LogP contribution >= 0.6 is 22.9 Å². The second kappa shape index (κ2) is 6.50. The molecule has 0 bridgehead atoms. The number of alkyl halides is 1. The molecule has 0 aliphatic heterocycles. The van der Waals surface area contributed by atoms with Gasteiger partial charge in [-0.25, -0.2) is 4.98 Å². The fraction of sp³-hybridized carbons (Fsp3) is 0.667. The van der Waals surface area contributed by atoms with Crippen molar-refractivity contribution >= 4 is 28.8 Å². The quantitative estimate of drug-likeness (QED) is 0.776. The number of carbonyl (C=O) groups excluding carboxylic acids is 1. The summed E-state index contributed by atoms with van der Waals surface area (Å²) in [6.45, 7) is 1.63. The minimum atomic E-state index is 0.0367. The second-order valence-corrected chi connectivity index (χ2v) is 5.81. The first-order valence-corrected chi connectivity index (χ1v) is 7.56. The van der Waals surface area contributed by atoms with Gasteiger partial charge in [0.25, 0.3) is 0 Å². The van der Waals surface area contributed by atoms with E-state index in [4.69, 9.17) is 11.6 Å². The molecule has 0 saturated heterocycles. The largest absolute Gasteiger partial charge is 0.354 e. The number of amides is 1. The summed E-state index contributed by atoms with van der Waals surface area (Å²) in [7, 11) is 2.11.